The highest BCUT2D eigenvalue weighted by Gasteiger charge is 2.17. The average molecular weight is 397 g/mol. The largest absolute Gasteiger partial charge is 0.409 e. The van der Waals surface area contributed by atoms with Gasteiger partial charge in [-0.25, -0.2) is 4.68 Å². The van der Waals surface area contributed by atoms with Crippen LogP contribution in [-0.4, -0.2) is 21.2 Å². The molecule has 0 atom stereocenters. The topological polar surface area (TPSA) is 57.0 Å². The Morgan fingerprint density at radius 3 is 2.31 bits per heavy atom. The van der Waals surface area contributed by atoms with Crippen molar-refractivity contribution >= 4 is 28.7 Å². The number of aromatic nitrogens is 3. The Kier molecular flexibility index (Phi) is 4.38. The van der Waals surface area contributed by atoms with Crippen molar-refractivity contribution < 1.29 is 9.53 Å². The highest BCUT2D eigenvalue weighted by Crippen LogP contribution is 2.34. The Labute approximate surface area is 170 Å². The lowest BCUT2D eigenvalue weighted by Gasteiger charge is -2.03. The van der Waals surface area contributed by atoms with Gasteiger partial charge in [0.1, 0.15) is 5.69 Å². The van der Waals surface area contributed by atoms with Crippen LogP contribution in [0.2, 0.25) is 0 Å². The lowest BCUT2D eigenvalue weighted by molar-refractivity contribution is -0.120. The zero-order chi connectivity index (χ0) is 19.6. The lowest BCUT2D eigenvalue weighted by atomic mass is 10.0. The molecule has 0 fully saturated rings. The second-order valence-corrected chi connectivity index (χ2v) is 7.24. The van der Waals surface area contributed by atoms with E-state index in [1.807, 2.05) is 53.2 Å². The predicted octanol–water partition coefficient (Wildman–Crippen LogP) is 5.35. The van der Waals surface area contributed by atoms with Gasteiger partial charge in [-0.05, 0) is 23.3 Å². The number of carbonyl (C=O) groups excluding carboxylic acids is 1. The average Bonchev–Trinajstić information content (AvgIpc) is 3.39. The minimum Gasteiger partial charge on any atom is -0.409 e. The van der Waals surface area contributed by atoms with Crippen LogP contribution < -0.4 is 4.74 Å². The van der Waals surface area contributed by atoms with Gasteiger partial charge in [-0.1, -0.05) is 78.1 Å². The van der Waals surface area contributed by atoms with E-state index in [1.54, 1.807) is 5.38 Å². The molecule has 0 radical (unpaired) electrons. The number of nitrogens with zero attached hydrogens (tertiary/aromatic N) is 3. The third kappa shape index (κ3) is 3.19. The molecule has 0 bridgehead atoms. The molecule has 0 aliphatic rings. The van der Waals surface area contributed by atoms with E-state index in [9.17, 15) is 4.79 Å². The first-order chi connectivity index (χ1) is 14.3. The molecule has 0 amide bonds. The molecule has 5 rings (SSSR count). The fourth-order valence-corrected chi connectivity index (χ4v) is 4.03. The number of hydrogen-bond donors (Lipinski definition) is 0. The van der Waals surface area contributed by atoms with Gasteiger partial charge >= 0.3 is 0 Å². The Morgan fingerprint density at radius 2 is 1.59 bits per heavy atom. The van der Waals surface area contributed by atoms with Crippen LogP contribution in [-0.2, 0) is 4.79 Å². The van der Waals surface area contributed by atoms with Crippen LogP contribution in [0.1, 0.15) is 0 Å². The fraction of sp³-hybridized carbons (Fsp3) is 0. The van der Waals surface area contributed by atoms with Crippen LogP contribution in [0.5, 0.6) is 5.88 Å². The van der Waals surface area contributed by atoms with Crippen LogP contribution in [0.4, 0.5) is 0 Å². The summed E-state index contributed by atoms with van der Waals surface area (Å²) < 4.78 is 6.69. The Morgan fingerprint density at radius 1 is 0.862 bits per heavy atom. The summed E-state index contributed by atoms with van der Waals surface area (Å²) in [6.07, 6.45) is 0. The quantitative estimate of drug-likeness (QED) is 0.375. The first-order valence-electron chi connectivity index (χ1n) is 9.03. The summed E-state index contributed by atoms with van der Waals surface area (Å²) in [5.74, 6) is 0.268. The van der Waals surface area contributed by atoms with Crippen molar-refractivity contribution in [2.75, 3.05) is 0 Å². The minimum absolute atomic E-state index is 0.268. The molecule has 0 saturated heterocycles. The van der Waals surface area contributed by atoms with Crippen molar-refractivity contribution in [2.24, 2.45) is 0 Å². The molecular weight excluding hydrogens is 382 g/mol. The molecule has 5 aromatic rings. The van der Waals surface area contributed by atoms with Crippen molar-refractivity contribution in [3.63, 3.8) is 0 Å². The third-order valence-corrected chi connectivity index (χ3v) is 5.45. The van der Waals surface area contributed by atoms with Gasteiger partial charge in [0.15, 0.2) is 0 Å². The van der Waals surface area contributed by atoms with Crippen molar-refractivity contribution in [1.29, 1.82) is 0 Å². The maximum absolute atomic E-state index is 10.6. The number of fused-ring (bicyclic) bond motifs is 1. The summed E-state index contributed by atoms with van der Waals surface area (Å²) in [6, 6.07) is 26.6. The van der Waals surface area contributed by atoms with E-state index >= 15 is 0 Å². The van der Waals surface area contributed by atoms with Gasteiger partial charge in [-0.3, -0.25) is 4.79 Å². The normalized spacial score (nSPS) is 10.9. The molecule has 0 saturated carbocycles. The van der Waals surface area contributed by atoms with E-state index in [0.29, 0.717) is 11.6 Å². The molecule has 0 unspecified atom stereocenters. The maximum atomic E-state index is 10.6. The molecule has 0 spiro atoms. The number of ether oxygens (including phenoxy) is 1. The molecule has 140 valence electrons. The van der Waals surface area contributed by atoms with Crippen molar-refractivity contribution in [1.82, 2.24) is 14.8 Å². The maximum Gasteiger partial charge on any atom is 0.299 e. The van der Waals surface area contributed by atoms with E-state index in [-0.39, 0.29) is 5.88 Å². The SMILES string of the molecule is O=COc1csc(-n2nc(-c3ccccc3)c3ccc(-c4ccccc4)cc32)n1. The smallest absolute Gasteiger partial charge is 0.299 e. The molecular formula is C23H15N3O2S. The first kappa shape index (κ1) is 17.3. The summed E-state index contributed by atoms with van der Waals surface area (Å²) >= 11 is 1.37. The highest BCUT2D eigenvalue weighted by molar-refractivity contribution is 7.12. The molecule has 29 heavy (non-hydrogen) atoms. The second kappa shape index (κ2) is 7.33. The molecule has 0 N–H and O–H groups in total. The van der Waals surface area contributed by atoms with E-state index in [2.05, 4.69) is 35.3 Å². The Bertz CT molecular complexity index is 1290. The van der Waals surface area contributed by atoms with Gasteiger partial charge in [0.25, 0.3) is 6.47 Å². The van der Waals surface area contributed by atoms with E-state index in [0.717, 1.165) is 33.3 Å². The first-order valence-corrected chi connectivity index (χ1v) is 9.91. The predicted molar refractivity (Wildman–Crippen MR) is 114 cm³/mol. The van der Waals surface area contributed by atoms with E-state index in [1.165, 1.54) is 11.3 Å². The third-order valence-electron chi connectivity index (χ3n) is 4.66. The van der Waals surface area contributed by atoms with Gasteiger partial charge in [-0.15, -0.1) is 0 Å². The molecule has 5 nitrogen and oxygen atoms in total. The van der Waals surface area contributed by atoms with Gasteiger partial charge in [0, 0.05) is 10.9 Å². The van der Waals surface area contributed by atoms with E-state index < -0.39 is 0 Å². The van der Waals surface area contributed by atoms with E-state index in [4.69, 9.17) is 9.84 Å². The monoisotopic (exact) mass is 397 g/mol. The molecule has 0 aliphatic heterocycles. The number of thiazole rings is 1. The molecule has 3 aromatic carbocycles. The Balaban J connectivity index is 1.74. The summed E-state index contributed by atoms with van der Waals surface area (Å²) in [5.41, 5.74) is 5.09. The number of rotatable bonds is 5. The fourth-order valence-electron chi connectivity index (χ4n) is 3.33. The number of carbonyl (C=O) groups is 1. The highest BCUT2D eigenvalue weighted by atomic mass is 32.1. The number of benzene rings is 3. The van der Waals surface area contributed by atoms with Gasteiger partial charge in [-0.2, -0.15) is 10.1 Å². The summed E-state index contributed by atoms with van der Waals surface area (Å²) in [7, 11) is 0. The van der Waals surface area contributed by atoms with Crippen LogP contribution in [0.3, 0.4) is 0 Å². The van der Waals surface area contributed by atoms with Crippen molar-refractivity contribution in [3.05, 3.63) is 84.2 Å². The van der Waals surface area contributed by atoms with Gasteiger partial charge in [0.2, 0.25) is 11.0 Å². The van der Waals surface area contributed by atoms with Crippen LogP contribution in [0.25, 0.3) is 38.4 Å². The van der Waals surface area contributed by atoms with Crippen molar-refractivity contribution in [2.45, 2.75) is 0 Å². The number of hydrogen-bond acceptors (Lipinski definition) is 5. The molecule has 0 aliphatic carbocycles. The summed E-state index contributed by atoms with van der Waals surface area (Å²) in [4.78, 5) is 15.0. The molecule has 2 aromatic heterocycles. The van der Waals surface area contributed by atoms with Crippen LogP contribution in [0.15, 0.2) is 84.2 Å². The minimum atomic E-state index is 0.268. The van der Waals surface area contributed by atoms with Gasteiger partial charge < -0.3 is 4.74 Å². The lowest BCUT2D eigenvalue weighted by Crippen LogP contribution is -1.97. The zero-order valence-electron chi connectivity index (χ0n) is 15.2. The molecule has 2 heterocycles. The summed E-state index contributed by atoms with van der Waals surface area (Å²) in [5, 5.41) is 8.22. The Hall–Kier alpha value is -3.77. The zero-order valence-corrected chi connectivity index (χ0v) is 16.0. The summed E-state index contributed by atoms with van der Waals surface area (Å²) in [6.45, 7) is 0.378. The van der Waals surface area contributed by atoms with Gasteiger partial charge in [0.05, 0.1) is 10.9 Å². The van der Waals surface area contributed by atoms with Crippen LogP contribution >= 0.6 is 11.3 Å². The standard InChI is InChI=1S/C23H15N3O2S/c27-15-28-21-14-29-23(24-21)26-20-13-18(16-7-3-1-4-8-16)11-12-19(20)22(25-26)17-9-5-2-6-10-17/h1-15H. The van der Waals surface area contributed by atoms with Crippen LogP contribution in [0, 0.1) is 0 Å². The second-order valence-electron chi connectivity index (χ2n) is 6.41. The van der Waals surface area contributed by atoms with Crippen molar-refractivity contribution in [3.8, 4) is 33.4 Å². The molecule has 6 heteroatoms.